The van der Waals surface area contributed by atoms with Crippen LogP contribution < -0.4 is 9.47 Å². The van der Waals surface area contributed by atoms with Crippen LogP contribution in [0.4, 0.5) is 4.79 Å². The molecule has 2 rings (SSSR count). The number of esters is 1. The standard InChI is InChI=1S/C15H18N2O5/c1-11(18)16-7-9-17(10-8-16)15(20)22-14-5-3-13(4-6-14)21-12(2)19/h3-6H,7-10H2,1-2H3. The number of hydrogen-bond acceptors (Lipinski definition) is 5. The van der Waals surface area contributed by atoms with Crippen molar-refractivity contribution in [2.75, 3.05) is 26.2 Å². The van der Waals surface area contributed by atoms with Crippen LogP contribution >= 0.6 is 0 Å². The zero-order valence-electron chi connectivity index (χ0n) is 12.6. The van der Waals surface area contributed by atoms with Crippen molar-refractivity contribution in [3.05, 3.63) is 24.3 Å². The lowest BCUT2D eigenvalue weighted by Gasteiger charge is -2.33. The van der Waals surface area contributed by atoms with Crippen molar-refractivity contribution >= 4 is 18.0 Å². The van der Waals surface area contributed by atoms with Crippen LogP contribution in [-0.2, 0) is 9.59 Å². The van der Waals surface area contributed by atoms with E-state index in [1.165, 1.54) is 13.8 Å². The predicted molar refractivity (Wildman–Crippen MR) is 77.6 cm³/mol. The van der Waals surface area contributed by atoms with Crippen LogP contribution in [0.5, 0.6) is 11.5 Å². The van der Waals surface area contributed by atoms with E-state index >= 15 is 0 Å². The van der Waals surface area contributed by atoms with Gasteiger partial charge in [0.05, 0.1) is 0 Å². The number of piperazine rings is 1. The molecule has 2 amide bonds. The van der Waals surface area contributed by atoms with Gasteiger partial charge in [-0.2, -0.15) is 0 Å². The Morgan fingerprint density at radius 2 is 1.27 bits per heavy atom. The van der Waals surface area contributed by atoms with Gasteiger partial charge in [0.2, 0.25) is 5.91 Å². The van der Waals surface area contributed by atoms with E-state index in [-0.39, 0.29) is 5.91 Å². The molecule has 1 heterocycles. The zero-order chi connectivity index (χ0) is 16.1. The first-order valence-corrected chi connectivity index (χ1v) is 6.96. The Labute approximate surface area is 128 Å². The molecule has 0 unspecified atom stereocenters. The lowest BCUT2D eigenvalue weighted by Crippen LogP contribution is -2.50. The molecule has 0 N–H and O–H groups in total. The van der Waals surface area contributed by atoms with Crippen LogP contribution in [0.15, 0.2) is 24.3 Å². The maximum atomic E-state index is 12.0. The molecule has 0 radical (unpaired) electrons. The second kappa shape index (κ2) is 6.93. The Bertz CT molecular complexity index is 562. The minimum atomic E-state index is -0.455. The van der Waals surface area contributed by atoms with Gasteiger partial charge in [-0.05, 0) is 24.3 Å². The maximum absolute atomic E-state index is 12.0. The molecule has 0 saturated carbocycles. The summed E-state index contributed by atoms with van der Waals surface area (Å²) >= 11 is 0. The molecule has 0 aromatic heterocycles. The lowest BCUT2D eigenvalue weighted by atomic mass is 10.3. The molecule has 1 saturated heterocycles. The average Bonchev–Trinajstić information content (AvgIpc) is 2.49. The number of rotatable bonds is 2. The molecule has 7 nitrogen and oxygen atoms in total. The number of carbonyl (C=O) groups excluding carboxylic acids is 3. The minimum Gasteiger partial charge on any atom is -0.427 e. The fourth-order valence-electron chi connectivity index (χ4n) is 2.11. The fourth-order valence-corrected chi connectivity index (χ4v) is 2.11. The summed E-state index contributed by atoms with van der Waals surface area (Å²) in [6.07, 6.45) is -0.455. The van der Waals surface area contributed by atoms with E-state index in [1.54, 1.807) is 34.1 Å². The van der Waals surface area contributed by atoms with E-state index in [9.17, 15) is 14.4 Å². The van der Waals surface area contributed by atoms with Gasteiger partial charge in [0.15, 0.2) is 0 Å². The summed E-state index contributed by atoms with van der Waals surface area (Å²) in [6.45, 7) is 4.74. The highest BCUT2D eigenvalue weighted by Gasteiger charge is 2.23. The van der Waals surface area contributed by atoms with E-state index in [1.807, 2.05) is 0 Å². The first kappa shape index (κ1) is 15.8. The molecule has 1 aliphatic heterocycles. The van der Waals surface area contributed by atoms with Gasteiger partial charge in [-0.25, -0.2) is 4.79 Å². The molecule has 0 atom stereocenters. The largest absolute Gasteiger partial charge is 0.427 e. The highest BCUT2D eigenvalue weighted by atomic mass is 16.6. The van der Waals surface area contributed by atoms with Gasteiger partial charge in [-0.1, -0.05) is 0 Å². The highest BCUT2D eigenvalue weighted by Crippen LogP contribution is 2.18. The van der Waals surface area contributed by atoms with Crippen LogP contribution in [0.3, 0.4) is 0 Å². The third-order valence-electron chi connectivity index (χ3n) is 3.27. The summed E-state index contributed by atoms with van der Waals surface area (Å²) in [6, 6.07) is 6.22. The molecule has 0 spiro atoms. The molecule has 0 bridgehead atoms. The summed E-state index contributed by atoms with van der Waals surface area (Å²) in [4.78, 5) is 37.3. The number of hydrogen-bond donors (Lipinski definition) is 0. The third kappa shape index (κ3) is 4.21. The number of benzene rings is 1. The average molecular weight is 306 g/mol. The summed E-state index contributed by atoms with van der Waals surface area (Å²) in [5.41, 5.74) is 0. The predicted octanol–water partition coefficient (Wildman–Crippen LogP) is 1.27. The SMILES string of the molecule is CC(=O)Oc1ccc(OC(=O)N2CCN(C(C)=O)CC2)cc1. The van der Waals surface area contributed by atoms with Crippen LogP contribution in [0.2, 0.25) is 0 Å². The van der Waals surface area contributed by atoms with Crippen molar-refractivity contribution < 1.29 is 23.9 Å². The number of ether oxygens (including phenoxy) is 2. The van der Waals surface area contributed by atoms with E-state index in [0.717, 1.165) is 0 Å². The van der Waals surface area contributed by atoms with Gasteiger partial charge in [0.1, 0.15) is 11.5 Å². The van der Waals surface area contributed by atoms with E-state index in [0.29, 0.717) is 37.7 Å². The molecule has 0 aliphatic carbocycles. The van der Waals surface area contributed by atoms with E-state index in [2.05, 4.69) is 0 Å². The van der Waals surface area contributed by atoms with Crippen LogP contribution in [0.1, 0.15) is 13.8 Å². The van der Waals surface area contributed by atoms with Crippen LogP contribution in [0, 0.1) is 0 Å². The molecule has 1 aromatic rings. The van der Waals surface area contributed by atoms with Gasteiger partial charge in [-0.3, -0.25) is 9.59 Å². The van der Waals surface area contributed by atoms with Crippen molar-refractivity contribution in [3.63, 3.8) is 0 Å². The highest BCUT2D eigenvalue weighted by molar-refractivity contribution is 5.74. The summed E-state index contributed by atoms with van der Waals surface area (Å²) in [5, 5.41) is 0. The molecular formula is C15H18N2O5. The molecule has 1 fully saturated rings. The van der Waals surface area contributed by atoms with E-state index in [4.69, 9.17) is 9.47 Å². The Hall–Kier alpha value is -2.57. The topological polar surface area (TPSA) is 76.2 Å². The zero-order valence-corrected chi connectivity index (χ0v) is 12.6. The second-order valence-electron chi connectivity index (χ2n) is 4.93. The van der Waals surface area contributed by atoms with Gasteiger partial charge < -0.3 is 19.3 Å². The minimum absolute atomic E-state index is 0.00841. The van der Waals surface area contributed by atoms with Crippen molar-refractivity contribution in [1.82, 2.24) is 9.80 Å². The fraction of sp³-hybridized carbons (Fsp3) is 0.400. The van der Waals surface area contributed by atoms with Gasteiger partial charge in [0.25, 0.3) is 0 Å². The molecular weight excluding hydrogens is 288 g/mol. The molecule has 1 aliphatic rings. The Morgan fingerprint density at radius 3 is 1.73 bits per heavy atom. The van der Waals surface area contributed by atoms with Gasteiger partial charge in [0, 0.05) is 40.0 Å². The lowest BCUT2D eigenvalue weighted by molar-refractivity contribution is -0.132. The van der Waals surface area contributed by atoms with Gasteiger partial charge >= 0.3 is 12.1 Å². The quantitative estimate of drug-likeness (QED) is 0.607. The monoisotopic (exact) mass is 306 g/mol. The summed E-state index contributed by atoms with van der Waals surface area (Å²) in [5.74, 6) is 0.361. The molecule has 7 heteroatoms. The van der Waals surface area contributed by atoms with Crippen LogP contribution in [0.25, 0.3) is 0 Å². The molecule has 118 valence electrons. The number of carbonyl (C=O) groups is 3. The Morgan fingerprint density at radius 1 is 0.818 bits per heavy atom. The number of nitrogens with zero attached hydrogens (tertiary/aromatic N) is 2. The Kier molecular flexibility index (Phi) is 4.98. The van der Waals surface area contributed by atoms with Crippen molar-refractivity contribution in [2.45, 2.75) is 13.8 Å². The molecule has 22 heavy (non-hydrogen) atoms. The third-order valence-corrected chi connectivity index (χ3v) is 3.27. The normalized spacial score (nSPS) is 14.5. The number of amides is 2. The maximum Gasteiger partial charge on any atom is 0.415 e. The summed E-state index contributed by atoms with van der Waals surface area (Å²) in [7, 11) is 0. The first-order valence-electron chi connectivity index (χ1n) is 6.96. The second-order valence-corrected chi connectivity index (χ2v) is 4.93. The van der Waals surface area contributed by atoms with Crippen molar-refractivity contribution in [1.29, 1.82) is 0 Å². The first-order chi connectivity index (χ1) is 10.5. The van der Waals surface area contributed by atoms with Crippen molar-refractivity contribution in [3.8, 4) is 11.5 Å². The summed E-state index contributed by atoms with van der Waals surface area (Å²) < 4.78 is 10.2. The van der Waals surface area contributed by atoms with Crippen molar-refractivity contribution in [2.24, 2.45) is 0 Å². The smallest absolute Gasteiger partial charge is 0.415 e. The van der Waals surface area contributed by atoms with Crippen LogP contribution in [-0.4, -0.2) is 53.9 Å². The molecule has 1 aromatic carbocycles. The van der Waals surface area contributed by atoms with E-state index < -0.39 is 12.1 Å². The Balaban J connectivity index is 1.87. The van der Waals surface area contributed by atoms with Gasteiger partial charge in [-0.15, -0.1) is 0 Å².